The second-order valence-corrected chi connectivity index (χ2v) is 5.04. The highest BCUT2D eigenvalue weighted by Crippen LogP contribution is 2.28. The van der Waals surface area contributed by atoms with Gasteiger partial charge in [-0.25, -0.2) is 4.79 Å². The number of methoxy groups -OCH3 is 1. The van der Waals surface area contributed by atoms with Crippen LogP contribution in [0, 0.1) is 10.1 Å². The molecule has 0 aliphatic heterocycles. The molecule has 2 aromatic carbocycles. The van der Waals surface area contributed by atoms with Crippen LogP contribution in [-0.2, 0) is 9.53 Å². The van der Waals surface area contributed by atoms with Crippen LogP contribution < -0.4 is 15.8 Å². The fourth-order valence-electron chi connectivity index (χ4n) is 2.02. The predicted octanol–water partition coefficient (Wildman–Crippen LogP) is 1.69. The van der Waals surface area contributed by atoms with E-state index in [0.29, 0.717) is 0 Å². The number of hydrogen-bond acceptors (Lipinski definition) is 8. The highest BCUT2D eigenvalue weighted by molar-refractivity contribution is 5.99. The number of aromatic hydroxyl groups is 1. The Kier molecular flexibility index (Phi) is 5.58. The van der Waals surface area contributed by atoms with Crippen molar-refractivity contribution >= 4 is 28.9 Å². The molecule has 2 rings (SSSR count). The van der Waals surface area contributed by atoms with E-state index < -0.39 is 23.4 Å². The van der Waals surface area contributed by atoms with Gasteiger partial charge in [-0.15, -0.1) is 0 Å². The summed E-state index contributed by atoms with van der Waals surface area (Å²) in [6, 6.07) is 7.39. The van der Waals surface area contributed by atoms with Gasteiger partial charge in [-0.3, -0.25) is 14.9 Å². The largest absolute Gasteiger partial charge is 0.508 e. The number of carbonyl (C=O) groups is 2. The van der Waals surface area contributed by atoms with Gasteiger partial charge in [0.15, 0.2) is 6.61 Å². The number of hydrogen-bond donors (Lipinski definition) is 3. The molecule has 0 heterocycles. The van der Waals surface area contributed by atoms with E-state index in [4.69, 9.17) is 15.2 Å². The summed E-state index contributed by atoms with van der Waals surface area (Å²) < 4.78 is 9.85. The van der Waals surface area contributed by atoms with E-state index in [0.717, 1.165) is 12.1 Å². The van der Waals surface area contributed by atoms with Crippen LogP contribution in [0.15, 0.2) is 36.4 Å². The molecule has 136 valence electrons. The quantitative estimate of drug-likeness (QED) is 0.231. The number of anilines is 2. The summed E-state index contributed by atoms with van der Waals surface area (Å²) >= 11 is 0. The van der Waals surface area contributed by atoms with Crippen molar-refractivity contribution in [3.63, 3.8) is 0 Å². The zero-order valence-electron chi connectivity index (χ0n) is 13.6. The SMILES string of the molecule is COc1ccc([N+](=O)[O-])cc1NC(=O)COC(=O)c1cc(O)ccc1N. The molecule has 1 amide bonds. The molecule has 26 heavy (non-hydrogen) atoms. The van der Waals surface area contributed by atoms with Crippen LogP contribution in [0.1, 0.15) is 10.4 Å². The van der Waals surface area contributed by atoms with Crippen molar-refractivity contribution < 1.29 is 29.1 Å². The number of nitrogens with two attached hydrogens (primary N) is 1. The molecule has 0 unspecified atom stereocenters. The summed E-state index contributed by atoms with van der Waals surface area (Å²) in [7, 11) is 1.33. The number of nitrogens with one attached hydrogen (secondary N) is 1. The number of ether oxygens (including phenoxy) is 2. The second-order valence-electron chi connectivity index (χ2n) is 5.04. The molecule has 0 radical (unpaired) electrons. The molecule has 0 atom stereocenters. The Morgan fingerprint density at radius 2 is 2.00 bits per heavy atom. The zero-order chi connectivity index (χ0) is 19.3. The van der Waals surface area contributed by atoms with Gasteiger partial charge in [-0.05, 0) is 24.3 Å². The van der Waals surface area contributed by atoms with Gasteiger partial charge in [0.05, 0.1) is 23.3 Å². The highest BCUT2D eigenvalue weighted by Gasteiger charge is 2.17. The van der Waals surface area contributed by atoms with Gasteiger partial charge < -0.3 is 25.6 Å². The maximum atomic E-state index is 12.0. The molecule has 0 fully saturated rings. The van der Waals surface area contributed by atoms with Gasteiger partial charge in [0.1, 0.15) is 11.5 Å². The molecule has 0 bridgehead atoms. The minimum Gasteiger partial charge on any atom is -0.508 e. The first-order valence-electron chi connectivity index (χ1n) is 7.19. The van der Waals surface area contributed by atoms with Crippen molar-refractivity contribution in [2.45, 2.75) is 0 Å². The fraction of sp³-hybridized carbons (Fsp3) is 0.125. The molecule has 0 saturated heterocycles. The number of nitro groups is 1. The van der Waals surface area contributed by atoms with E-state index in [9.17, 15) is 24.8 Å². The van der Waals surface area contributed by atoms with Crippen LogP contribution in [0.5, 0.6) is 11.5 Å². The van der Waals surface area contributed by atoms with Crippen molar-refractivity contribution in [3.05, 3.63) is 52.1 Å². The van der Waals surface area contributed by atoms with Gasteiger partial charge >= 0.3 is 5.97 Å². The third-order valence-corrected chi connectivity index (χ3v) is 3.26. The molecular formula is C16H15N3O7. The number of esters is 1. The van der Waals surface area contributed by atoms with Crippen LogP contribution in [0.25, 0.3) is 0 Å². The number of phenolic OH excluding ortho intramolecular Hbond substituents is 1. The fourth-order valence-corrected chi connectivity index (χ4v) is 2.02. The Hall–Kier alpha value is -3.82. The molecule has 0 aromatic heterocycles. The lowest BCUT2D eigenvalue weighted by atomic mass is 10.2. The lowest BCUT2D eigenvalue weighted by Gasteiger charge is -2.11. The number of nitro benzene ring substituents is 1. The number of amides is 1. The third-order valence-electron chi connectivity index (χ3n) is 3.26. The molecule has 0 saturated carbocycles. The van der Waals surface area contributed by atoms with Crippen LogP contribution in [0.3, 0.4) is 0 Å². The van der Waals surface area contributed by atoms with E-state index in [1.807, 2.05) is 0 Å². The third kappa shape index (κ3) is 4.38. The second kappa shape index (κ2) is 7.83. The Morgan fingerprint density at radius 3 is 2.65 bits per heavy atom. The van der Waals surface area contributed by atoms with Crippen LogP contribution in [-0.4, -0.2) is 35.6 Å². The van der Waals surface area contributed by atoms with Crippen molar-refractivity contribution in [3.8, 4) is 11.5 Å². The van der Waals surface area contributed by atoms with E-state index in [1.165, 1.54) is 31.4 Å². The number of phenols is 1. The van der Waals surface area contributed by atoms with E-state index in [2.05, 4.69) is 5.32 Å². The normalized spacial score (nSPS) is 10.0. The summed E-state index contributed by atoms with van der Waals surface area (Å²) in [5.41, 5.74) is 5.41. The Balaban J connectivity index is 2.05. The highest BCUT2D eigenvalue weighted by atomic mass is 16.6. The number of carbonyl (C=O) groups excluding carboxylic acids is 2. The van der Waals surface area contributed by atoms with Gasteiger partial charge in [-0.1, -0.05) is 0 Å². The van der Waals surface area contributed by atoms with Crippen molar-refractivity contribution in [1.29, 1.82) is 0 Å². The molecule has 10 heteroatoms. The van der Waals surface area contributed by atoms with Gasteiger partial charge in [0, 0.05) is 17.8 Å². The monoisotopic (exact) mass is 361 g/mol. The first-order chi connectivity index (χ1) is 12.3. The Labute approximate surface area is 147 Å². The van der Waals surface area contributed by atoms with Gasteiger partial charge in [0.25, 0.3) is 11.6 Å². The average Bonchev–Trinajstić information content (AvgIpc) is 2.61. The number of non-ortho nitro benzene ring substituents is 1. The lowest BCUT2D eigenvalue weighted by Crippen LogP contribution is -2.21. The molecule has 10 nitrogen and oxygen atoms in total. The molecule has 2 aromatic rings. The summed E-state index contributed by atoms with van der Waals surface area (Å²) in [5, 5.41) is 22.6. The van der Waals surface area contributed by atoms with Crippen molar-refractivity contribution in [2.75, 3.05) is 24.8 Å². The van der Waals surface area contributed by atoms with Gasteiger partial charge in [-0.2, -0.15) is 0 Å². The minimum absolute atomic E-state index is 0.0552. The molecule has 0 aliphatic rings. The summed E-state index contributed by atoms with van der Waals surface area (Å²) in [6.45, 7) is -0.667. The summed E-state index contributed by atoms with van der Waals surface area (Å²) in [5.74, 6) is -1.63. The number of benzene rings is 2. The van der Waals surface area contributed by atoms with E-state index >= 15 is 0 Å². The van der Waals surface area contributed by atoms with Crippen molar-refractivity contribution in [2.24, 2.45) is 0 Å². The van der Waals surface area contributed by atoms with Crippen LogP contribution in [0.4, 0.5) is 17.1 Å². The molecular weight excluding hydrogens is 346 g/mol. The summed E-state index contributed by atoms with van der Waals surface area (Å²) in [6.07, 6.45) is 0. The molecule has 0 aliphatic carbocycles. The predicted molar refractivity (Wildman–Crippen MR) is 91.1 cm³/mol. The Bertz CT molecular complexity index is 867. The first kappa shape index (κ1) is 18.5. The maximum Gasteiger partial charge on any atom is 0.340 e. The minimum atomic E-state index is -0.903. The number of rotatable bonds is 6. The standard InChI is InChI=1S/C16H15N3O7/c1-25-14-5-2-9(19(23)24)6-13(14)18-15(21)8-26-16(22)11-7-10(20)3-4-12(11)17/h2-7,20H,8,17H2,1H3,(H,18,21). The molecule has 4 N–H and O–H groups in total. The van der Waals surface area contributed by atoms with E-state index in [-0.39, 0.29) is 34.1 Å². The zero-order valence-corrected chi connectivity index (χ0v) is 13.6. The number of nitrogens with zero attached hydrogens (tertiary/aromatic N) is 1. The smallest absolute Gasteiger partial charge is 0.340 e. The van der Waals surface area contributed by atoms with Gasteiger partial charge in [0.2, 0.25) is 0 Å². The summed E-state index contributed by atoms with van der Waals surface area (Å²) in [4.78, 5) is 34.1. The van der Waals surface area contributed by atoms with Crippen LogP contribution >= 0.6 is 0 Å². The molecule has 0 spiro atoms. The maximum absolute atomic E-state index is 12.0. The first-order valence-corrected chi connectivity index (χ1v) is 7.19. The Morgan fingerprint density at radius 1 is 1.27 bits per heavy atom. The van der Waals surface area contributed by atoms with Crippen molar-refractivity contribution in [1.82, 2.24) is 0 Å². The van der Waals surface area contributed by atoms with Crippen LogP contribution in [0.2, 0.25) is 0 Å². The van der Waals surface area contributed by atoms with E-state index in [1.54, 1.807) is 0 Å². The lowest BCUT2D eigenvalue weighted by molar-refractivity contribution is -0.384. The topological polar surface area (TPSA) is 154 Å². The number of nitrogen functional groups attached to an aromatic ring is 1. The average molecular weight is 361 g/mol.